The fourth-order valence-electron chi connectivity index (χ4n) is 2.24. The number of nitrogens with one attached hydrogen (secondary N) is 1. The van der Waals surface area contributed by atoms with Crippen LogP contribution in [-0.4, -0.2) is 34.8 Å². The van der Waals surface area contributed by atoms with E-state index in [9.17, 15) is 22.8 Å². The minimum Gasteiger partial charge on any atom is -0.330 e. The second kappa shape index (κ2) is 8.31. The molecule has 0 radical (unpaired) electrons. The van der Waals surface area contributed by atoms with Crippen LogP contribution in [0.3, 0.4) is 0 Å². The van der Waals surface area contributed by atoms with Crippen LogP contribution in [0.2, 0.25) is 0 Å². The fraction of sp³-hybridized carbons (Fsp3) is 0.235. The molecule has 2 rings (SSSR count). The van der Waals surface area contributed by atoms with E-state index < -0.39 is 23.6 Å². The summed E-state index contributed by atoms with van der Waals surface area (Å²) >= 11 is 3.20. The van der Waals surface area contributed by atoms with Crippen molar-refractivity contribution in [1.29, 1.82) is 0 Å². The van der Waals surface area contributed by atoms with Gasteiger partial charge in [0.1, 0.15) is 6.54 Å². The van der Waals surface area contributed by atoms with E-state index in [1.165, 1.54) is 29.4 Å². The zero-order chi connectivity index (χ0) is 19.3. The van der Waals surface area contributed by atoms with Gasteiger partial charge in [-0.15, -0.1) is 0 Å². The van der Waals surface area contributed by atoms with Crippen LogP contribution < -0.4 is 5.32 Å². The number of likely N-dealkylation sites (N-methyl/N-ethyl adjacent to an activating group) is 1. The molecule has 0 bridgehead atoms. The lowest BCUT2D eigenvalue weighted by molar-refractivity contribution is -0.137. The third kappa shape index (κ3) is 5.04. The Labute approximate surface area is 156 Å². The molecule has 0 saturated carbocycles. The van der Waals surface area contributed by atoms with Crippen LogP contribution in [0.1, 0.15) is 22.8 Å². The standard InChI is InChI=1S/C17H15BrF3N3O2/c1-2-24(16(26)11-7-12(18)9-22-8-11)10-15(25)23-14-6-4-3-5-13(14)17(19,20)21/h3-9H,2,10H2,1H3,(H,23,25). The Hall–Kier alpha value is -2.42. The van der Waals surface area contributed by atoms with Gasteiger partial charge < -0.3 is 10.2 Å². The van der Waals surface area contributed by atoms with E-state index in [4.69, 9.17) is 0 Å². The van der Waals surface area contributed by atoms with Gasteiger partial charge >= 0.3 is 6.18 Å². The summed E-state index contributed by atoms with van der Waals surface area (Å²) in [5.74, 6) is -1.17. The maximum atomic E-state index is 13.0. The predicted octanol–water partition coefficient (Wildman–Crippen LogP) is 3.96. The second-order valence-corrected chi connectivity index (χ2v) is 6.22. The summed E-state index contributed by atoms with van der Waals surface area (Å²) in [5, 5.41) is 2.22. The number of amides is 2. The lowest BCUT2D eigenvalue weighted by Gasteiger charge is -2.21. The number of pyridine rings is 1. The summed E-state index contributed by atoms with van der Waals surface area (Å²) < 4.78 is 39.6. The van der Waals surface area contributed by atoms with Gasteiger partial charge in [0.2, 0.25) is 5.91 Å². The molecule has 5 nitrogen and oxygen atoms in total. The second-order valence-electron chi connectivity index (χ2n) is 5.30. The molecule has 0 saturated heterocycles. The lowest BCUT2D eigenvalue weighted by Crippen LogP contribution is -2.38. The van der Waals surface area contributed by atoms with Gasteiger partial charge in [0, 0.05) is 23.4 Å². The minimum absolute atomic E-state index is 0.208. The number of carbonyl (C=O) groups is 2. The topological polar surface area (TPSA) is 62.3 Å². The van der Waals surface area contributed by atoms with Crippen molar-refractivity contribution in [3.8, 4) is 0 Å². The average molecular weight is 430 g/mol. The van der Waals surface area contributed by atoms with Gasteiger partial charge in [-0.1, -0.05) is 12.1 Å². The maximum Gasteiger partial charge on any atom is 0.418 e. The molecule has 2 aromatic rings. The van der Waals surface area contributed by atoms with E-state index in [0.29, 0.717) is 4.47 Å². The Morgan fingerprint density at radius 1 is 1.23 bits per heavy atom. The normalized spacial score (nSPS) is 11.1. The zero-order valence-corrected chi connectivity index (χ0v) is 15.3. The first-order chi connectivity index (χ1) is 12.2. The highest BCUT2D eigenvalue weighted by atomic mass is 79.9. The third-order valence-corrected chi connectivity index (χ3v) is 3.90. The predicted molar refractivity (Wildman–Crippen MR) is 93.6 cm³/mol. The third-order valence-electron chi connectivity index (χ3n) is 3.46. The summed E-state index contributed by atoms with van der Waals surface area (Å²) in [6.45, 7) is 1.49. The first kappa shape index (κ1) is 19.9. The molecule has 0 aliphatic rings. The van der Waals surface area contributed by atoms with Crippen molar-refractivity contribution in [2.45, 2.75) is 13.1 Å². The van der Waals surface area contributed by atoms with Gasteiger partial charge in [-0.05, 0) is 41.1 Å². The number of para-hydroxylation sites is 1. The van der Waals surface area contributed by atoms with Crippen molar-refractivity contribution in [2.75, 3.05) is 18.4 Å². The number of hydrogen-bond acceptors (Lipinski definition) is 3. The Kier molecular flexibility index (Phi) is 6.36. The SMILES string of the molecule is CCN(CC(=O)Nc1ccccc1C(F)(F)F)C(=O)c1cncc(Br)c1. The summed E-state index contributed by atoms with van der Waals surface area (Å²) in [4.78, 5) is 29.7. The van der Waals surface area contributed by atoms with E-state index in [2.05, 4.69) is 26.2 Å². The van der Waals surface area contributed by atoms with Crippen molar-refractivity contribution >= 4 is 33.4 Å². The number of halogens is 4. The maximum absolute atomic E-state index is 13.0. The molecular weight excluding hydrogens is 415 g/mol. The zero-order valence-electron chi connectivity index (χ0n) is 13.7. The van der Waals surface area contributed by atoms with Gasteiger partial charge in [0.15, 0.2) is 0 Å². The van der Waals surface area contributed by atoms with Gasteiger partial charge in [-0.25, -0.2) is 0 Å². The number of nitrogens with zero attached hydrogens (tertiary/aromatic N) is 2. The summed E-state index contributed by atoms with van der Waals surface area (Å²) in [6, 6.07) is 6.22. The molecule has 138 valence electrons. The summed E-state index contributed by atoms with van der Waals surface area (Å²) in [6.07, 6.45) is -1.73. The van der Waals surface area contributed by atoms with E-state index in [1.807, 2.05) is 0 Å². The van der Waals surface area contributed by atoms with Gasteiger partial charge in [-0.2, -0.15) is 13.2 Å². The Morgan fingerprint density at radius 3 is 2.54 bits per heavy atom. The largest absolute Gasteiger partial charge is 0.418 e. The number of aromatic nitrogens is 1. The quantitative estimate of drug-likeness (QED) is 0.781. The molecule has 0 fully saturated rings. The van der Waals surface area contributed by atoms with Crippen LogP contribution >= 0.6 is 15.9 Å². The highest BCUT2D eigenvalue weighted by Crippen LogP contribution is 2.34. The van der Waals surface area contributed by atoms with E-state index in [0.717, 1.165) is 12.1 Å². The monoisotopic (exact) mass is 429 g/mol. The van der Waals surface area contributed by atoms with Crippen molar-refractivity contribution in [3.63, 3.8) is 0 Å². The van der Waals surface area contributed by atoms with Gasteiger partial charge in [-0.3, -0.25) is 14.6 Å². The van der Waals surface area contributed by atoms with Crippen molar-refractivity contribution in [1.82, 2.24) is 9.88 Å². The number of carbonyl (C=O) groups excluding carboxylic acids is 2. The molecule has 0 aliphatic heterocycles. The number of rotatable bonds is 5. The van der Waals surface area contributed by atoms with Gasteiger partial charge in [0.25, 0.3) is 5.91 Å². The Bertz CT molecular complexity index is 812. The number of hydrogen-bond donors (Lipinski definition) is 1. The number of alkyl halides is 3. The minimum atomic E-state index is -4.59. The van der Waals surface area contributed by atoms with E-state index >= 15 is 0 Å². The molecule has 1 N–H and O–H groups in total. The van der Waals surface area contributed by atoms with Crippen molar-refractivity contribution in [2.24, 2.45) is 0 Å². The molecule has 9 heteroatoms. The molecule has 0 aliphatic carbocycles. The number of benzene rings is 1. The van der Waals surface area contributed by atoms with Crippen LogP contribution in [-0.2, 0) is 11.0 Å². The molecule has 1 heterocycles. The highest BCUT2D eigenvalue weighted by molar-refractivity contribution is 9.10. The van der Waals surface area contributed by atoms with Crippen LogP contribution in [0.4, 0.5) is 18.9 Å². The molecule has 0 atom stereocenters. The number of anilines is 1. The molecule has 1 aromatic carbocycles. The molecular formula is C17H15BrF3N3O2. The molecule has 1 aromatic heterocycles. The van der Waals surface area contributed by atoms with Crippen LogP contribution in [0.15, 0.2) is 47.2 Å². The van der Waals surface area contributed by atoms with E-state index in [-0.39, 0.29) is 24.3 Å². The first-order valence-corrected chi connectivity index (χ1v) is 8.37. The first-order valence-electron chi connectivity index (χ1n) is 7.58. The van der Waals surface area contributed by atoms with E-state index in [1.54, 1.807) is 13.0 Å². The molecule has 0 spiro atoms. The Balaban J connectivity index is 2.12. The summed E-state index contributed by atoms with van der Waals surface area (Å²) in [5.41, 5.74) is -1.03. The highest BCUT2D eigenvalue weighted by Gasteiger charge is 2.33. The molecule has 2 amide bonds. The van der Waals surface area contributed by atoms with Crippen molar-refractivity contribution < 1.29 is 22.8 Å². The molecule has 26 heavy (non-hydrogen) atoms. The van der Waals surface area contributed by atoms with Crippen LogP contribution in [0, 0.1) is 0 Å². The van der Waals surface area contributed by atoms with Crippen molar-refractivity contribution in [3.05, 3.63) is 58.3 Å². The average Bonchev–Trinajstić information content (AvgIpc) is 2.58. The Morgan fingerprint density at radius 2 is 1.92 bits per heavy atom. The van der Waals surface area contributed by atoms with Crippen LogP contribution in [0.25, 0.3) is 0 Å². The smallest absolute Gasteiger partial charge is 0.330 e. The molecule has 0 unspecified atom stereocenters. The van der Waals surface area contributed by atoms with Crippen LogP contribution in [0.5, 0.6) is 0 Å². The fourth-order valence-corrected chi connectivity index (χ4v) is 2.61. The summed E-state index contributed by atoms with van der Waals surface area (Å²) in [7, 11) is 0. The lowest BCUT2D eigenvalue weighted by atomic mass is 10.1. The van der Waals surface area contributed by atoms with Gasteiger partial charge in [0.05, 0.1) is 16.8 Å².